The van der Waals surface area contributed by atoms with Crippen LogP contribution >= 0.6 is 11.3 Å². The van der Waals surface area contributed by atoms with E-state index in [1.54, 1.807) is 0 Å². The largest absolute Gasteiger partial charge is 0.339 e. The number of sulfonamides is 1. The molecule has 0 saturated carbocycles. The van der Waals surface area contributed by atoms with Crippen LogP contribution in [0.4, 0.5) is 5.00 Å². The number of anilines is 1. The summed E-state index contributed by atoms with van der Waals surface area (Å²) in [6, 6.07) is 9.43. The lowest BCUT2D eigenvalue weighted by molar-refractivity contribution is 0.0755. The van der Waals surface area contributed by atoms with Crippen LogP contribution in [-0.4, -0.2) is 73.6 Å². The van der Waals surface area contributed by atoms with E-state index >= 15 is 0 Å². The maximum absolute atomic E-state index is 13.8. The van der Waals surface area contributed by atoms with Crippen LogP contribution in [0.25, 0.3) is 0 Å². The van der Waals surface area contributed by atoms with Gasteiger partial charge in [-0.25, -0.2) is 8.42 Å². The molecule has 2 aromatic rings. The highest BCUT2D eigenvalue weighted by atomic mass is 32.2. The number of thiophene rings is 1. The molecule has 1 aromatic heterocycles. The number of nitriles is 2. The van der Waals surface area contributed by atoms with Gasteiger partial charge in [-0.05, 0) is 55.6 Å². The van der Waals surface area contributed by atoms with Crippen molar-refractivity contribution in [3.8, 4) is 12.1 Å². The van der Waals surface area contributed by atoms with Gasteiger partial charge in [-0.15, -0.1) is 11.3 Å². The SMILES string of the molecule is CCCN(CCC)C(=O)c1c(NC(=O)c2ccc(S(=O)(=O)N(CCC#N)CCC#N)cc2)sc2c1CCN(CC)C2. The molecule has 0 unspecified atom stereocenters. The average molecular weight is 599 g/mol. The molecule has 41 heavy (non-hydrogen) atoms. The number of nitrogens with zero attached hydrogens (tertiary/aromatic N) is 5. The van der Waals surface area contributed by atoms with Crippen molar-refractivity contribution < 1.29 is 18.0 Å². The molecule has 3 rings (SSSR count). The summed E-state index contributed by atoms with van der Waals surface area (Å²) in [5, 5.41) is 21.3. The summed E-state index contributed by atoms with van der Waals surface area (Å²) in [6.07, 6.45) is 2.41. The first-order chi connectivity index (χ1) is 19.7. The maximum Gasteiger partial charge on any atom is 0.257 e. The number of carbonyl (C=O) groups excluding carboxylic acids is 2. The number of hydrogen-bond donors (Lipinski definition) is 1. The molecule has 0 spiro atoms. The van der Waals surface area contributed by atoms with Crippen molar-refractivity contribution in [2.24, 2.45) is 0 Å². The molecule has 0 saturated heterocycles. The van der Waals surface area contributed by atoms with Crippen molar-refractivity contribution in [2.75, 3.05) is 44.6 Å². The van der Waals surface area contributed by atoms with Gasteiger partial charge in [0.15, 0.2) is 0 Å². The Balaban J connectivity index is 1.90. The minimum absolute atomic E-state index is 0.000941. The molecule has 1 N–H and O–H groups in total. The molecule has 0 atom stereocenters. The molecular formula is C29H38N6O4S2. The molecule has 0 fully saturated rings. The van der Waals surface area contributed by atoms with Crippen LogP contribution in [0.3, 0.4) is 0 Å². The Morgan fingerprint density at radius 3 is 2.15 bits per heavy atom. The van der Waals surface area contributed by atoms with E-state index in [1.165, 1.54) is 35.6 Å². The highest BCUT2D eigenvalue weighted by Gasteiger charge is 2.31. The van der Waals surface area contributed by atoms with Gasteiger partial charge in [-0.3, -0.25) is 14.5 Å². The van der Waals surface area contributed by atoms with Crippen molar-refractivity contribution in [3.05, 3.63) is 45.8 Å². The number of amides is 2. The normalized spacial score (nSPS) is 13.3. The van der Waals surface area contributed by atoms with Gasteiger partial charge in [0, 0.05) is 62.6 Å². The minimum Gasteiger partial charge on any atom is -0.339 e. The summed E-state index contributed by atoms with van der Waals surface area (Å²) >= 11 is 1.44. The van der Waals surface area contributed by atoms with Crippen molar-refractivity contribution in [2.45, 2.75) is 64.3 Å². The monoisotopic (exact) mass is 598 g/mol. The number of rotatable bonds is 14. The first-order valence-electron chi connectivity index (χ1n) is 14.0. The number of hydrogen-bond acceptors (Lipinski definition) is 8. The van der Waals surface area contributed by atoms with E-state index in [1.807, 2.05) is 30.9 Å². The van der Waals surface area contributed by atoms with Gasteiger partial charge in [-0.2, -0.15) is 14.8 Å². The lowest BCUT2D eigenvalue weighted by Gasteiger charge is -2.27. The number of nitrogens with one attached hydrogen (secondary N) is 1. The third-order valence-electron chi connectivity index (χ3n) is 7.00. The van der Waals surface area contributed by atoms with Gasteiger partial charge in [0.2, 0.25) is 10.0 Å². The molecule has 0 aliphatic carbocycles. The zero-order valence-electron chi connectivity index (χ0n) is 24.0. The summed E-state index contributed by atoms with van der Waals surface area (Å²) in [5.41, 5.74) is 1.83. The fourth-order valence-electron chi connectivity index (χ4n) is 4.86. The van der Waals surface area contributed by atoms with Crippen molar-refractivity contribution in [1.82, 2.24) is 14.1 Å². The summed E-state index contributed by atoms with van der Waals surface area (Å²) in [5.74, 6) is -0.500. The third kappa shape index (κ3) is 7.72. The second-order valence-electron chi connectivity index (χ2n) is 9.82. The first-order valence-corrected chi connectivity index (χ1v) is 16.3. The molecule has 10 nitrogen and oxygen atoms in total. The number of carbonyl (C=O) groups is 2. The zero-order chi connectivity index (χ0) is 30.0. The van der Waals surface area contributed by atoms with Crippen LogP contribution in [0, 0.1) is 22.7 Å². The smallest absolute Gasteiger partial charge is 0.257 e. The molecule has 0 bridgehead atoms. The molecule has 12 heteroatoms. The fourth-order valence-corrected chi connectivity index (χ4v) is 7.58. The Morgan fingerprint density at radius 2 is 1.61 bits per heavy atom. The lowest BCUT2D eigenvalue weighted by Crippen LogP contribution is -2.35. The van der Waals surface area contributed by atoms with Crippen LogP contribution in [0.2, 0.25) is 0 Å². The van der Waals surface area contributed by atoms with Crippen LogP contribution < -0.4 is 5.32 Å². The van der Waals surface area contributed by atoms with E-state index < -0.39 is 15.9 Å². The maximum atomic E-state index is 13.8. The van der Waals surface area contributed by atoms with E-state index in [-0.39, 0.29) is 42.3 Å². The van der Waals surface area contributed by atoms with Crippen molar-refractivity contribution in [1.29, 1.82) is 10.5 Å². The molecule has 1 aliphatic rings. The molecule has 0 radical (unpaired) electrons. The first kappa shape index (κ1) is 32.2. The van der Waals surface area contributed by atoms with Crippen LogP contribution in [-0.2, 0) is 23.0 Å². The predicted octanol–water partition coefficient (Wildman–Crippen LogP) is 4.46. The molecule has 1 aromatic carbocycles. The molecule has 1 aliphatic heterocycles. The van der Waals surface area contributed by atoms with E-state index in [4.69, 9.17) is 10.5 Å². The van der Waals surface area contributed by atoms with Crippen molar-refractivity contribution >= 4 is 38.2 Å². The number of fused-ring (bicyclic) bond motifs is 1. The van der Waals surface area contributed by atoms with E-state index in [2.05, 4.69) is 17.1 Å². The second-order valence-corrected chi connectivity index (χ2v) is 12.9. The predicted molar refractivity (Wildman–Crippen MR) is 159 cm³/mol. The van der Waals surface area contributed by atoms with E-state index in [0.717, 1.165) is 53.6 Å². The Morgan fingerprint density at radius 1 is 1.00 bits per heavy atom. The van der Waals surface area contributed by atoms with Gasteiger partial charge in [0.25, 0.3) is 11.8 Å². The van der Waals surface area contributed by atoms with Gasteiger partial charge < -0.3 is 10.2 Å². The van der Waals surface area contributed by atoms with Gasteiger partial charge in [0.05, 0.1) is 22.6 Å². The summed E-state index contributed by atoms with van der Waals surface area (Å²) in [4.78, 5) is 32.3. The minimum atomic E-state index is -3.95. The van der Waals surface area contributed by atoms with Gasteiger partial charge in [-0.1, -0.05) is 20.8 Å². The van der Waals surface area contributed by atoms with Gasteiger partial charge in [0.1, 0.15) is 5.00 Å². The Hall–Kier alpha value is -3.29. The van der Waals surface area contributed by atoms with Gasteiger partial charge >= 0.3 is 0 Å². The highest BCUT2D eigenvalue weighted by molar-refractivity contribution is 7.89. The zero-order valence-corrected chi connectivity index (χ0v) is 25.6. The fraction of sp³-hybridized carbons (Fsp3) is 0.517. The summed E-state index contributed by atoms with van der Waals surface area (Å²) < 4.78 is 27.4. The van der Waals surface area contributed by atoms with Crippen LogP contribution in [0.5, 0.6) is 0 Å². The molecular weight excluding hydrogens is 560 g/mol. The third-order valence-corrected chi connectivity index (χ3v) is 10.0. The Labute approximate surface area is 247 Å². The molecule has 2 amide bonds. The van der Waals surface area contributed by atoms with E-state index in [9.17, 15) is 18.0 Å². The lowest BCUT2D eigenvalue weighted by atomic mass is 10.0. The molecule has 2 heterocycles. The van der Waals surface area contributed by atoms with Crippen LogP contribution in [0.1, 0.15) is 77.6 Å². The molecule has 220 valence electrons. The average Bonchev–Trinajstić information content (AvgIpc) is 3.33. The Bertz CT molecular complexity index is 1380. The summed E-state index contributed by atoms with van der Waals surface area (Å²) in [7, 11) is -3.95. The number of likely N-dealkylation sites (N-methyl/N-ethyl adjacent to an activating group) is 1. The Kier molecular flexibility index (Phi) is 11.9. The second kappa shape index (κ2) is 15.1. The quantitative estimate of drug-likeness (QED) is 0.339. The highest BCUT2D eigenvalue weighted by Crippen LogP contribution is 2.38. The van der Waals surface area contributed by atoms with Crippen LogP contribution in [0.15, 0.2) is 29.2 Å². The topological polar surface area (TPSA) is 138 Å². The number of benzene rings is 1. The standard InChI is InChI=1S/C29H38N6O4S2/c1-4-16-34(17-5-2)29(37)26-24-13-20-33(6-3)21-25(24)40-28(26)32-27(36)22-9-11-23(12-10-22)41(38,39)35(18-7-14-30)19-8-15-31/h9-12H,4-8,13,16-21H2,1-3H3,(H,32,36). The van der Waals surface area contributed by atoms with Crippen molar-refractivity contribution in [3.63, 3.8) is 0 Å². The summed E-state index contributed by atoms with van der Waals surface area (Å²) in [6.45, 7) is 9.90. The van der Waals surface area contributed by atoms with E-state index in [0.29, 0.717) is 23.7 Å².